The first kappa shape index (κ1) is 7.17. The Morgan fingerprint density at radius 2 is 0.846 bits per heavy atom. The highest BCUT2D eigenvalue weighted by atomic mass is 16.6. The molecule has 4 heteroatoms. The molecule has 72 valence electrons. The van der Waals surface area contributed by atoms with Crippen molar-refractivity contribution in [3.63, 3.8) is 0 Å². The Hall–Kier alpha value is -0.160. The topological polar surface area (TPSA) is 50.1 Å². The van der Waals surface area contributed by atoms with Crippen molar-refractivity contribution < 1.29 is 18.9 Å². The van der Waals surface area contributed by atoms with Crippen LogP contribution in [0, 0.1) is 5.41 Å². The zero-order valence-corrected chi connectivity index (χ0v) is 7.27. The second-order valence-electron chi connectivity index (χ2n) is 4.29. The molecule has 4 heterocycles. The number of ether oxygens (including phenoxy) is 4. The van der Waals surface area contributed by atoms with Gasteiger partial charge in [0.1, 0.15) is 0 Å². The molecule has 4 nitrogen and oxygen atoms in total. The van der Waals surface area contributed by atoms with Gasteiger partial charge in [0.15, 0.2) is 0 Å². The average Bonchev–Trinajstić information content (AvgIpc) is 3.00. The molecule has 4 fully saturated rings. The lowest BCUT2D eigenvalue weighted by Crippen LogP contribution is -2.44. The Bertz CT molecular complexity index is 184. The molecule has 0 bridgehead atoms. The molecule has 0 aromatic rings. The number of hydrogen-bond acceptors (Lipinski definition) is 4. The van der Waals surface area contributed by atoms with Gasteiger partial charge >= 0.3 is 0 Å². The largest absolute Gasteiger partial charge is 0.372 e. The van der Waals surface area contributed by atoms with Gasteiger partial charge < -0.3 is 18.9 Å². The summed E-state index contributed by atoms with van der Waals surface area (Å²) in [5, 5.41) is 0. The normalized spacial score (nSPS) is 55.4. The molecule has 4 rings (SSSR count). The fourth-order valence-electron chi connectivity index (χ4n) is 2.59. The van der Waals surface area contributed by atoms with Crippen molar-refractivity contribution in [1.29, 1.82) is 0 Å². The van der Waals surface area contributed by atoms with Crippen LogP contribution < -0.4 is 0 Å². The van der Waals surface area contributed by atoms with Crippen LogP contribution in [-0.2, 0) is 18.9 Å². The quantitative estimate of drug-likeness (QED) is 0.556. The van der Waals surface area contributed by atoms with Gasteiger partial charge in [0.2, 0.25) is 0 Å². The lowest BCUT2D eigenvalue weighted by molar-refractivity contribution is 0.0648. The van der Waals surface area contributed by atoms with Crippen molar-refractivity contribution >= 4 is 0 Å². The van der Waals surface area contributed by atoms with Crippen molar-refractivity contribution in [3.8, 4) is 0 Å². The van der Waals surface area contributed by atoms with E-state index in [-0.39, 0.29) is 5.41 Å². The molecule has 0 spiro atoms. The molecule has 0 aliphatic carbocycles. The standard InChI is InChI=1S/C9H12O4/c1-5(10-1)9(6-2-11-6,7-3-12-7)8-4-13-8/h5-8H,1-4H2. The third-order valence-corrected chi connectivity index (χ3v) is 3.56. The number of hydrogen-bond donors (Lipinski definition) is 0. The molecule has 0 amide bonds. The molecule has 0 saturated carbocycles. The lowest BCUT2D eigenvalue weighted by atomic mass is 9.75. The first-order chi connectivity index (χ1) is 6.42. The third-order valence-electron chi connectivity index (χ3n) is 3.56. The molecule has 0 radical (unpaired) electrons. The van der Waals surface area contributed by atoms with Gasteiger partial charge in [-0.05, 0) is 0 Å². The smallest absolute Gasteiger partial charge is 0.0943 e. The van der Waals surface area contributed by atoms with Crippen LogP contribution in [0.15, 0.2) is 0 Å². The second-order valence-corrected chi connectivity index (χ2v) is 4.29. The molecule has 0 aromatic carbocycles. The van der Waals surface area contributed by atoms with E-state index in [4.69, 9.17) is 18.9 Å². The maximum Gasteiger partial charge on any atom is 0.0943 e. The van der Waals surface area contributed by atoms with E-state index in [1.54, 1.807) is 0 Å². The van der Waals surface area contributed by atoms with Gasteiger partial charge in [-0.3, -0.25) is 0 Å². The summed E-state index contributed by atoms with van der Waals surface area (Å²) in [6.07, 6.45) is 1.33. The maximum atomic E-state index is 5.44. The molecule has 4 saturated heterocycles. The van der Waals surface area contributed by atoms with Gasteiger partial charge in [-0.1, -0.05) is 0 Å². The Balaban J connectivity index is 1.71. The highest BCUT2D eigenvalue weighted by Gasteiger charge is 2.71. The van der Waals surface area contributed by atoms with E-state index in [9.17, 15) is 0 Å². The summed E-state index contributed by atoms with van der Waals surface area (Å²) in [7, 11) is 0. The lowest BCUT2D eigenvalue weighted by Gasteiger charge is -2.26. The molecule has 4 atom stereocenters. The third kappa shape index (κ3) is 0.892. The van der Waals surface area contributed by atoms with Gasteiger partial charge in [-0.2, -0.15) is 0 Å². The average molecular weight is 184 g/mol. The summed E-state index contributed by atoms with van der Waals surface area (Å²) < 4.78 is 21.8. The van der Waals surface area contributed by atoms with E-state index in [1.165, 1.54) is 0 Å². The van der Waals surface area contributed by atoms with Crippen LogP contribution in [-0.4, -0.2) is 50.8 Å². The SMILES string of the molecule is C1OC1C(C1CO1)(C1CO1)C1CO1. The van der Waals surface area contributed by atoms with E-state index < -0.39 is 0 Å². The minimum absolute atomic E-state index is 0.0556. The summed E-state index contributed by atoms with van der Waals surface area (Å²) in [6.45, 7) is 3.44. The van der Waals surface area contributed by atoms with Crippen LogP contribution in [0.2, 0.25) is 0 Å². The van der Waals surface area contributed by atoms with Gasteiger partial charge in [-0.15, -0.1) is 0 Å². The minimum atomic E-state index is 0.0556. The van der Waals surface area contributed by atoms with Gasteiger partial charge in [0, 0.05) is 0 Å². The fraction of sp³-hybridized carbons (Fsp3) is 1.00. The molecule has 4 aliphatic rings. The zero-order chi connectivity index (χ0) is 8.47. The summed E-state index contributed by atoms with van der Waals surface area (Å²) in [4.78, 5) is 0. The summed E-state index contributed by atoms with van der Waals surface area (Å²) in [5.41, 5.74) is 0.0556. The Kier molecular flexibility index (Phi) is 1.15. The van der Waals surface area contributed by atoms with Crippen LogP contribution >= 0.6 is 0 Å². The van der Waals surface area contributed by atoms with Crippen LogP contribution in [0.5, 0.6) is 0 Å². The van der Waals surface area contributed by atoms with Crippen LogP contribution in [0.3, 0.4) is 0 Å². The van der Waals surface area contributed by atoms with Crippen LogP contribution in [0.1, 0.15) is 0 Å². The van der Waals surface area contributed by atoms with Crippen molar-refractivity contribution in [2.24, 2.45) is 5.41 Å². The predicted molar refractivity (Wildman–Crippen MR) is 41.4 cm³/mol. The Morgan fingerprint density at radius 3 is 1.00 bits per heavy atom. The van der Waals surface area contributed by atoms with Crippen molar-refractivity contribution in [2.45, 2.75) is 24.4 Å². The van der Waals surface area contributed by atoms with Gasteiger partial charge in [-0.25, -0.2) is 0 Å². The van der Waals surface area contributed by atoms with E-state index in [0.29, 0.717) is 24.4 Å². The molecular formula is C9H12O4. The van der Waals surface area contributed by atoms with E-state index in [0.717, 1.165) is 26.4 Å². The first-order valence-corrected chi connectivity index (χ1v) is 4.89. The summed E-state index contributed by atoms with van der Waals surface area (Å²) >= 11 is 0. The van der Waals surface area contributed by atoms with E-state index in [1.807, 2.05) is 0 Å². The summed E-state index contributed by atoms with van der Waals surface area (Å²) in [5.74, 6) is 0. The van der Waals surface area contributed by atoms with Crippen molar-refractivity contribution in [3.05, 3.63) is 0 Å². The van der Waals surface area contributed by atoms with Crippen molar-refractivity contribution in [1.82, 2.24) is 0 Å². The first-order valence-electron chi connectivity index (χ1n) is 4.89. The Labute approximate surface area is 76.1 Å². The molecule has 13 heavy (non-hydrogen) atoms. The molecular weight excluding hydrogens is 172 g/mol. The minimum Gasteiger partial charge on any atom is -0.372 e. The van der Waals surface area contributed by atoms with E-state index in [2.05, 4.69) is 0 Å². The number of rotatable bonds is 4. The summed E-state index contributed by atoms with van der Waals surface area (Å²) in [6, 6.07) is 0. The zero-order valence-electron chi connectivity index (χ0n) is 7.27. The van der Waals surface area contributed by atoms with Crippen LogP contribution in [0.4, 0.5) is 0 Å². The highest BCUT2D eigenvalue weighted by Crippen LogP contribution is 2.56. The Morgan fingerprint density at radius 1 is 0.615 bits per heavy atom. The maximum absolute atomic E-state index is 5.44. The predicted octanol–water partition coefficient (Wildman–Crippen LogP) is -0.432. The molecule has 4 aliphatic heterocycles. The monoisotopic (exact) mass is 184 g/mol. The molecule has 0 N–H and O–H groups in total. The second kappa shape index (κ2) is 2.08. The number of epoxide rings is 4. The highest BCUT2D eigenvalue weighted by molar-refractivity contribution is 5.17. The fourth-order valence-corrected chi connectivity index (χ4v) is 2.59. The van der Waals surface area contributed by atoms with Gasteiger partial charge in [0.05, 0.1) is 56.3 Å². The van der Waals surface area contributed by atoms with Crippen molar-refractivity contribution in [2.75, 3.05) is 26.4 Å². The van der Waals surface area contributed by atoms with E-state index >= 15 is 0 Å². The van der Waals surface area contributed by atoms with Crippen LogP contribution in [0.25, 0.3) is 0 Å². The molecule has 4 unspecified atom stereocenters. The molecule has 0 aromatic heterocycles. The van der Waals surface area contributed by atoms with Gasteiger partial charge in [0.25, 0.3) is 0 Å².